The van der Waals surface area contributed by atoms with Crippen molar-refractivity contribution in [2.24, 2.45) is 5.73 Å². The molecule has 1 aromatic carbocycles. The van der Waals surface area contributed by atoms with Crippen LogP contribution in [0.1, 0.15) is 12.0 Å². The minimum absolute atomic E-state index is 0. The predicted molar refractivity (Wildman–Crippen MR) is 83.8 cm³/mol. The molecule has 0 aromatic heterocycles. The molecule has 1 fully saturated rings. The molecule has 1 atom stereocenters. The smallest absolute Gasteiger partial charge is 0.238 e. The lowest BCUT2D eigenvalue weighted by Crippen LogP contribution is -2.33. The molecule has 0 aliphatic carbocycles. The second-order valence-corrected chi connectivity index (χ2v) is 5.71. The van der Waals surface area contributed by atoms with Crippen molar-refractivity contribution >= 4 is 39.9 Å². The molecule has 6 heteroatoms. The lowest BCUT2D eigenvalue weighted by Gasteiger charge is -2.15. The van der Waals surface area contributed by atoms with Gasteiger partial charge in [-0.2, -0.15) is 0 Å². The molecule has 1 amide bonds. The van der Waals surface area contributed by atoms with Crippen molar-refractivity contribution in [1.29, 1.82) is 0 Å². The molecular weight excluding hydrogens is 330 g/mol. The number of likely N-dealkylation sites (tertiary alicyclic amines) is 1. The highest BCUT2D eigenvalue weighted by molar-refractivity contribution is 9.10. The Morgan fingerprint density at radius 3 is 2.89 bits per heavy atom. The molecule has 19 heavy (non-hydrogen) atoms. The molecule has 2 rings (SSSR count). The maximum Gasteiger partial charge on any atom is 0.238 e. The van der Waals surface area contributed by atoms with Crippen LogP contribution >= 0.6 is 28.3 Å². The number of amides is 1. The Bertz CT molecular complexity index is 456. The first-order chi connectivity index (χ1) is 8.54. The van der Waals surface area contributed by atoms with Crippen molar-refractivity contribution in [2.45, 2.75) is 19.4 Å². The largest absolute Gasteiger partial charge is 0.326 e. The third kappa shape index (κ3) is 4.76. The molecule has 1 aromatic rings. The van der Waals surface area contributed by atoms with Gasteiger partial charge in [-0.1, -0.05) is 15.9 Å². The van der Waals surface area contributed by atoms with E-state index in [-0.39, 0.29) is 24.4 Å². The van der Waals surface area contributed by atoms with Crippen molar-refractivity contribution in [3.8, 4) is 0 Å². The number of nitrogens with one attached hydrogen (secondary N) is 1. The van der Waals surface area contributed by atoms with E-state index in [1.54, 1.807) is 0 Å². The summed E-state index contributed by atoms with van der Waals surface area (Å²) in [5.41, 5.74) is 7.73. The molecular formula is C13H19BrClN3O. The van der Waals surface area contributed by atoms with Crippen LogP contribution < -0.4 is 11.1 Å². The Morgan fingerprint density at radius 1 is 1.58 bits per heavy atom. The molecule has 1 aliphatic rings. The van der Waals surface area contributed by atoms with Gasteiger partial charge >= 0.3 is 0 Å². The Morgan fingerprint density at radius 2 is 2.32 bits per heavy atom. The monoisotopic (exact) mass is 347 g/mol. The second-order valence-electron chi connectivity index (χ2n) is 4.79. The lowest BCUT2D eigenvalue weighted by atomic mass is 10.2. The summed E-state index contributed by atoms with van der Waals surface area (Å²) >= 11 is 3.41. The van der Waals surface area contributed by atoms with Gasteiger partial charge in [-0.15, -0.1) is 12.4 Å². The fourth-order valence-electron chi connectivity index (χ4n) is 2.17. The first-order valence-electron chi connectivity index (χ1n) is 6.08. The number of benzene rings is 1. The van der Waals surface area contributed by atoms with E-state index in [2.05, 4.69) is 26.1 Å². The van der Waals surface area contributed by atoms with Gasteiger partial charge in [-0.3, -0.25) is 9.69 Å². The molecule has 106 valence electrons. The summed E-state index contributed by atoms with van der Waals surface area (Å²) in [5.74, 6) is 0.0227. The number of rotatable bonds is 3. The van der Waals surface area contributed by atoms with Gasteiger partial charge in [0, 0.05) is 29.3 Å². The number of nitrogens with two attached hydrogens (primary N) is 1. The maximum atomic E-state index is 11.9. The van der Waals surface area contributed by atoms with Crippen molar-refractivity contribution in [3.63, 3.8) is 0 Å². The van der Waals surface area contributed by atoms with Crippen LogP contribution in [0.2, 0.25) is 0 Å². The van der Waals surface area contributed by atoms with Crippen LogP contribution in [0.3, 0.4) is 0 Å². The highest BCUT2D eigenvalue weighted by Gasteiger charge is 2.21. The van der Waals surface area contributed by atoms with E-state index >= 15 is 0 Å². The number of hydrogen-bond donors (Lipinski definition) is 2. The van der Waals surface area contributed by atoms with Crippen molar-refractivity contribution in [3.05, 3.63) is 28.2 Å². The molecule has 3 N–H and O–H groups in total. The molecule has 1 saturated heterocycles. The molecule has 1 heterocycles. The maximum absolute atomic E-state index is 11.9. The standard InChI is InChI=1S/C13H18BrN3O.ClH/c1-9-6-10(14)2-3-12(9)16-13(18)8-17-5-4-11(15)7-17;/h2-3,6,11H,4-5,7-8,15H2,1H3,(H,16,18);1H/t11-;/m1./s1. The quantitative estimate of drug-likeness (QED) is 0.880. The first-order valence-corrected chi connectivity index (χ1v) is 6.88. The number of hydrogen-bond acceptors (Lipinski definition) is 3. The van der Waals surface area contributed by atoms with Crippen LogP contribution in [0.5, 0.6) is 0 Å². The van der Waals surface area contributed by atoms with Gasteiger partial charge in [0.15, 0.2) is 0 Å². The molecule has 0 spiro atoms. The molecule has 0 saturated carbocycles. The summed E-state index contributed by atoms with van der Waals surface area (Å²) < 4.78 is 1.02. The summed E-state index contributed by atoms with van der Waals surface area (Å²) in [5, 5.41) is 2.94. The van der Waals surface area contributed by atoms with Crippen LogP contribution in [0.15, 0.2) is 22.7 Å². The fraction of sp³-hybridized carbons (Fsp3) is 0.462. The molecule has 0 unspecified atom stereocenters. The van der Waals surface area contributed by atoms with Crippen LogP contribution in [-0.4, -0.2) is 36.5 Å². The van der Waals surface area contributed by atoms with E-state index in [9.17, 15) is 4.79 Å². The SMILES string of the molecule is Cc1cc(Br)ccc1NC(=O)CN1CC[C@@H](N)C1.Cl. The van der Waals surface area contributed by atoms with Crippen LogP contribution in [0.4, 0.5) is 5.69 Å². The van der Waals surface area contributed by atoms with E-state index in [1.807, 2.05) is 25.1 Å². The van der Waals surface area contributed by atoms with Crippen molar-refractivity contribution in [1.82, 2.24) is 4.90 Å². The van der Waals surface area contributed by atoms with E-state index in [4.69, 9.17) is 5.73 Å². The summed E-state index contributed by atoms with van der Waals surface area (Å²) in [6.07, 6.45) is 0.977. The Hall–Kier alpha value is -0.620. The zero-order valence-electron chi connectivity index (χ0n) is 10.9. The van der Waals surface area contributed by atoms with Gasteiger partial charge in [-0.25, -0.2) is 0 Å². The highest BCUT2D eigenvalue weighted by Crippen LogP contribution is 2.20. The fourth-order valence-corrected chi connectivity index (χ4v) is 2.64. The lowest BCUT2D eigenvalue weighted by molar-refractivity contribution is -0.117. The second kappa shape index (κ2) is 7.24. The first kappa shape index (κ1) is 16.4. The van der Waals surface area contributed by atoms with Gasteiger partial charge in [-0.05, 0) is 37.1 Å². The average Bonchev–Trinajstić information content (AvgIpc) is 2.68. The molecule has 0 radical (unpaired) electrons. The number of halogens is 2. The van der Waals surface area contributed by atoms with Crippen LogP contribution in [0.25, 0.3) is 0 Å². The zero-order valence-corrected chi connectivity index (χ0v) is 13.3. The Balaban J connectivity index is 0.00000180. The number of carbonyl (C=O) groups excluding carboxylic acids is 1. The van der Waals surface area contributed by atoms with Crippen LogP contribution in [-0.2, 0) is 4.79 Å². The van der Waals surface area contributed by atoms with E-state index in [1.165, 1.54) is 0 Å². The molecule has 4 nitrogen and oxygen atoms in total. The van der Waals surface area contributed by atoms with Crippen molar-refractivity contribution < 1.29 is 4.79 Å². The number of nitrogens with zero attached hydrogens (tertiary/aromatic N) is 1. The third-order valence-electron chi connectivity index (χ3n) is 3.14. The third-order valence-corrected chi connectivity index (χ3v) is 3.63. The van der Waals surface area contributed by atoms with E-state index < -0.39 is 0 Å². The minimum atomic E-state index is 0. The Kier molecular flexibility index (Phi) is 6.26. The number of carbonyl (C=O) groups is 1. The van der Waals surface area contributed by atoms with Gasteiger partial charge in [0.25, 0.3) is 0 Å². The topological polar surface area (TPSA) is 58.4 Å². The number of aryl methyl sites for hydroxylation is 1. The summed E-state index contributed by atoms with van der Waals surface area (Å²) in [4.78, 5) is 14.0. The predicted octanol–water partition coefficient (Wildman–Crippen LogP) is 2.15. The van der Waals surface area contributed by atoms with Gasteiger partial charge in [0.2, 0.25) is 5.91 Å². The average molecular weight is 349 g/mol. The summed E-state index contributed by atoms with van der Waals surface area (Å²) in [6, 6.07) is 6.04. The zero-order chi connectivity index (χ0) is 13.1. The van der Waals surface area contributed by atoms with Gasteiger partial charge in [0.05, 0.1) is 6.54 Å². The Labute approximate surface area is 128 Å². The van der Waals surface area contributed by atoms with Gasteiger partial charge < -0.3 is 11.1 Å². The van der Waals surface area contributed by atoms with E-state index in [0.717, 1.165) is 35.2 Å². The molecule has 0 bridgehead atoms. The summed E-state index contributed by atoms with van der Waals surface area (Å²) in [6.45, 7) is 4.12. The van der Waals surface area contributed by atoms with Crippen LogP contribution in [0, 0.1) is 6.92 Å². The summed E-state index contributed by atoms with van der Waals surface area (Å²) in [7, 11) is 0. The van der Waals surface area contributed by atoms with Gasteiger partial charge in [0.1, 0.15) is 0 Å². The van der Waals surface area contributed by atoms with Crippen molar-refractivity contribution in [2.75, 3.05) is 25.0 Å². The normalized spacial score (nSPS) is 19.0. The molecule has 1 aliphatic heterocycles. The number of anilines is 1. The minimum Gasteiger partial charge on any atom is -0.326 e. The highest BCUT2D eigenvalue weighted by atomic mass is 79.9. The van der Waals surface area contributed by atoms with E-state index in [0.29, 0.717) is 6.54 Å².